The van der Waals surface area contributed by atoms with Gasteiger partial charge < -0.3 is 4.74 Å². The van der Waals surface area contributed by atoms with Crippen molar-refractivity contribution in [1.82, 2.24) is 0 Å². The summed E-state index contributed by atoms with van der Waals surface area (Å²) >= 11 is 1.85. The average molecular weight is 272 g/mol. The number of benzene rings is 1. The quantitative estimate of drug-likeness (QED) is 0.716. The zero-order valence-corrected chi connectivity index (χ0v) is 12.2. The number of hydrogen-bond acceptors (Lipinski definition) is 2. The lowest BCUT2D eigenvalue weighted by molar-refractivity contribution is 0.415. The Kier molecular flexibility index (Phi) is 3.88. The number of methoxy groups -OCH3 is 1. The molecule has 19 heavy (non-hydrogen) atoms. The Hall–Kier alpha value is -1.28. The average Bonchev–Trinajstić information content (AvgIpc) is 2.88. The van der Waals surface area contributed by atoms with Crippen LogP contribution in [0.5, 0.6) is 5.75 Å². The number of rotatable bonds is 3. The molecule has 0 amide bonds. The molecule has 3 rings (SSSR count). The van der Waals surface area contributed by atoms with Crippen molar-refractivity contribution >= 4 is 27.5 Å². The zero-order valence-electron chi connectivity index (χ0n) is 11.4. The molecule has 0 unspecified atom stereocenters. The molecular weight excluding hydrogens is 252 g/mol. The Labute approximate surface area is 118 Å². The number of thiophene rings is 1. The lowest BCUT2D eigenvalue weighted by Crippen LogP contribution is -2.02. The summed E-state index contributed by atoms with van der Waals surface area (Å²) in [6.07, 6.45) is 11.7. The van der Waals surface area contributed by atoms with Crippen LogP contribution in [0.25, 0.3) is 16.2 Å². The molecule has 1 aliphatic carbocycles. The van der Waals surface area contributed by atoms with E-state index in [1.165, 1.54) is 47.1 Å². The smallest absolute Gasteiger partial charge is 0.120 e. The molecule has 1 nitrogen and oxygen atoms in total. The van der Waals surface area contributed by atoms with E-state index in [1.54, 1.807) is 7.11 Å². The van der Waals surface area contributed by atoms with Gasteiger partial charge in [-0.3, -0.25) is 0 Å². The molecule has 0 aliphatic heterocycles. The lowest BCUT2D eigenvalue weighted by atomic mass is 9.89. The minimum atomic E-state index is 0.800. The van der Waals surface area contributed by atoms with E-state index in [1.807, 2.05) is 17.4 Å². The maximum atomic E-state index is 5.28. The van der Waals surface area contributed by atoms with E-state index in [2.05, 4.69) is 30.4 Å². The van der Waals surface area contributed by atoms with Crippen molar-refractivity contribution in [3.63, 3.8) is 0 Å². The first kappa shape index (κ1) is 12.7. The van der Waals surface area contributed by atoms with Gasteiger partial charge in [-0.2, -0.15) is 0 Å². The third-order valence-electron chi connectivity index (χ3n) is 3.93. The Morgan fingerprint density at radius 2 is 2.00 bits per heavy atom. The molecule has 0 saturated heterocycles. The summed E-state index contributed by atoms with van der Waals surface area (Å²) < 4.78 is 6.58. The highest BCUT2D eigenvalue weighted by Crippen LogP contribution is 2.31. The van der Waals surface area contributed by atoms with Crippen molar-refractivity contribution in [3.05, 3.63) is 35.2 Å². The Morgan fingerprint density at radius 1 is 1.16 bits per heavy atom. The molecular formula is C17H20OS. The molecule has 1 aromatic heterocycles. The van der Waals surface area contributed by atoms with Crippen molar-refractivity contribution in [2.24, 2.45) is 5.92 Å². The standard InChI is InChI=1S/C17H20OS/c1-18-15-9-8-14-11-16(19-17(14)12-15)10-7-13-5-3-2-4-6-13/h7-13H,2-6H2,1H3. The van der Waals surface area contributed by atoms with Gasteiger partial charge in [0, 0.05) is 9.58 Å². The summed E-state index contributed by atoms with van der Waals surface area (Å²) in [5, 5.41) is 1.31. The molecule has 1 aliphatic rings. The number of allylic oxidation sites excluding steroid dienone is 1. The molecule has 1 saturated carbocycles. The number of fused-ring (bicyclic) bond motifs is 1. The van der Waals surface area contributed by atoms with Crippen LogP contribution in [-0.2, 0) is 0 Å². The topological polar surface area (TPSA) is 9.23 Å². The van der Waals surface area contributed by atoms with Crippen LogP contribution in [0.4, 0.5) is 0 Å². The molecule has 0 N–H and O–H groups in total. The molecule has 2 aromatic rings. The molecule has 2 heteroatoms. The fourth-order valence-electron chi connectivity index (χ4n) is 2.80. The van der Waals surface area contributed by atoms with Gasteiger partial charge in [0.2, 0.25) is 0 Å². The molecule has 1 fully saturated rings. The highest BCUT2D eigenvalue weighted by molar-refractivity contribution is 7.19. The molecule has 0 atom stereocenters. The molecule has 0 bridgehead atoms. The first-order valence-electron chi connectivity index (χ1n) is 7.11. The van der Waals surface area contributed by atoms with Crippen LogP contribution in [-0.4, -0.2) is 7.11 Å². The highest BCUT2D eigenvalue weighted by Gasteiger charge is 2.10. The molecule has 0 spiro atoms. The van der Waals surface area contributed by atoms with Crippen LogP contribution in [0.1, 0.15) is 37.0 Å². The second-order valence-corrected chi connectivity index (χ2v) is 6.43. The fourth-order valence-corrected chi connectivity index (χ4v) is 3.80. The Balaban J connectivity index is 1.78. The summed E-state index contributed by atoms with van der Waals surface area (Å²) in [4.78, 5) is 1.36. The maximum absolute atomic E-state index is 5.28. The van der Waals surface area contributed by atoms with Gasteiger partial charge in [0.15, 0.2) is 0 Å². The van der Waals surface area contributed by atoms with Crippen LogP contribution < -0.4 is 4.74 Å². The van der Waals surface area contributed by atoms with Crippen molar-refractivity contribution in [2.75, 3.05) is 7.11 Å². The minimum Gasteiger partial charge on any atom is -0.497 e. The van der Waals surface area contributed by atoms with Crippen LogP contribution >= 0.6 is 11.3 Å². The third kappa shape index (κ3) is 3.01. The van der Waals surface area contributed by atoms with E-state index < -0.39 is 0 Å². The predicted octanol–water partition coefficient (Wildman–Crippen LogP) is 5.50. The van der Waals surface area contributed by atoms with Gasteiger partial charge in [-0.1, -0.05) is 25.3 Å². The monoisotopic (exact) mass is 272 g/mol. The van der Waals surface area contributed by atoms with Crippen LogP contribution in [0.15, 0.2) is 30.3 Å². The lowest BCUT2D eigenvalue weighted by Gasteiger charge is -2.17. The predicted molar refractivity (Wildman–Crippen MR) is 84.0 cm³/mol. The van der Waals surface area contributed by atoms with E-state index >= 15 is 0 Å². The van der Waals surface area contributed by atoms with E-state index in [-0.39, 0.29) is 0 Å². The van der Waals surface area contributed by atoms with Gasteiger partial charge >= 0.3 is 0 Å². The normalized spacial score (nSPS) is 17.3. The summed E-state index contributed by atoms with van der Waals surface area (Å²) in [7, 11) is 1.72. The van der Waals surface area contributed by atoms with E-state index in [0.29, 0.717) is 0 Å². The Bertz CT molecular complexity index is 576. The first-order chi connectivity index (χ1) is 9.35. The van der Waals surface area contributed by atoms with Crippen molar-refractivity contribution in [1.29, 1.82) is 0 Å². The van der Waals surface area contributed by atoms with E-state index in [0.717, 1.165) is 11.7 Å². The summed E-state index contributed by atoms with van der Waals surface area (Å²) in [5.41, 5.74) is 0. The van der Waals surface area contributed by atoms with Gasteiger partial charge in [-0.15, -0.1) is 11.3 Å². The minimum absolute atomic E-state index is 0.800. The van der Waals surface area contributed by atoms with Gasteiger partial charge in [0.1, 0.15) is 5.75 Å². The maximum Gasteiger partial charge on any atom is 0.120 e. The van der Waals surface area contributed by atoms with E-state index in [4.69, 9.17) is 4.74 Å². The highest BCUT2D eigenvalue weighted by atomic mass is 32.1. The van der Waals surface area contributed by atoms with Gasteiger partial charge in [-0.05, 0) is 54.5 Å². The third-order valence-corrected chi connectivity index (χ3v) is 4.99. The fraction of sp³-hybridized carbons (Fsp3) is 0.412. The van der Waals surface area contributed by atoms with Gasteiger partial charge in [0.05, 0.1) is 7.11 Å². The van der Waals surface area contributed by atoms with Gasteiger partial charge in [-0.25, -0.2) is 0 Å². The van der Waals surface area contributed by atoms with Crippen molar-refractivity contribution in [2.45, 2.75) is 32.1 Å². The first-order valence-corrected chi connectivity index (χ1v) is 7.92. The van der Waals surface area contributed by atoms with Crippen molar-refractivity contribution in [3.8, 4) is 5.75 Å². The summed E-state index contributed by atoms with van der Waals surface area (Å²) in [6, 6.07) is 8.57. The summed E-state index contributed by atoms with van der Waals surface area (Å²) in [5.74, 6) is 1.74. The molecule has 0 radical (unpaired) electrons. The van der Waals surface area contributed by atoms with Crippen LogP contribution in [0.3, 0.4) is 0 Å². The zero-order chi connectivity index (χ0) is 13.1. The molecule has 1 heterocycles. The van der Waals surface area contributed by atoms with Crippen LogP contribution in [0.2, 0.25) is 0 Å². The number of ether oxygens (including phenoxy) is 1. The van der Waals surface area contributed by atoms with Crippen molar-refractivity contribution < 1.29 is 4.74 Å². The largest absolute Gasteiger partial charge is 0.497 e. The second-order valence-electron chi connectivity index (χ2n) is 5.31. The molecule has 1 aromatic carbocycles. The van der Waals surface area contributed by atoms with E-state index in [9.17, 15) is 0 Å². The SMILES string of the molecule is COc1ccc2cc(C=CC3CCCCC3)sc2c1. The van der Waals surface area contributed by atoms with Gasteiger partial charge in [0.25, 0.3) is 0 Å². The second kappa shape index (κ2) is 5.79. The summed E-state index contributed by atoms with van der Waals surface area (Å²) in [6.45, 7) is 0. The Morgan fingerprint density at radius 3 is 2.79 bits per heavy atom. The van der Waals surface area contributed by atoms with Crippen LogP contribution in [0, 0.1) is 5.92 Å². The number of hydrogen-bond donors (Lipinski definition) is 0. The molecule has 100 valence electrons.